The van der Waals surface area contributed by atoms with Crippen LogP contribution in [0.3, 0.4) is 0 Å². The number of fused-ring (bicyclic) bond motifs is 1. The van der Waals surface area contributed by atoms with Crippen LogP contribution in [0.4, 0.5) is 10.5 Å². The summed E-state index contributed by atoms with van der Waals surface area (Å²) >= 11 is 0. The minimum absolute atomic E-state index is 0.225. The van der Waals surface area contributed by atoms with Crippen LogP contribution in [0.15, 0.2) is 41.6 Å². The SMILES string of the molecule is COc1ccc(NC(=O)N(C)C[C@H]2CC(c3ccc4c(c3)OCO4)=NO2)c(OC)c1. The van der Waals surface area contributed by atoms with Crippen molar-refractivity contribution in [1.82, 2.24) is 4.90 Å². The van der Waals surface area contributed by atoms with Crippen molar-refractivity contribution in [3.63, 3.8) is 0 Å². The molecule has 1 N–H and O–H groups in total. The van der Waals surface area contributed by atoms with E-state index in [1.165, 1.54) is 7.11 Å². The number of benzene rings is 2. The lowest BCUT2D eigenvalue weighted by Crippen LogP contribution is -2.37. The van der Waals surface area contributed by atoms with E-state index in [9.17, 15) is 4.79 Å². The summed E-state index contributed by atoms with van der Waals surface area (Å²) in [7, 11) is 4.81. The molecule has 0 aromatic heterocycles. The van der Waals surface area contributed by atoms with Crippen LogP contribution in [0.2, 0.25) is 0 Å². The van der Waals surface area contributed by atoms with Gasteiger partial charge in [0.05, 0.1) is 32.2 Å². The Morgan fingerprint density at radius 3 is 2.80 bits per heavy atom. The van der Waals surface area contributed by atoms with Gasteiger partial charge in [-0.25, -0.2) is 4.79 Å². The lowest BCUT2D eigenvalue weighted by Gasteiger charge is -2.21. The largest absolute Gasteiger partial charge is 0.497 e. The number of carbonyl (C=O) groups is 1. The van der Waals surface area contributed by atoms with Crippen molar-refractivity contribution in [3.05, 3.63) is 42.0 Å². The van der Waals surface area contributed by atoms with Crippen LogP contribution in [0.1, 0.15) is 12.0 Å². The Morgan fingerprint density at radius 1 is 1.17 bits per heavy atom. The number of nitrogens with zero attached hydrogens (tertiary/aromatic N) is 2. The quantitative estimate of drug-likeness (QED) is 0.783. The normalized spacial score (nSPS) is 16.5. The maximum atomic E-state index is 12.6. The molecule has 0 aliphatic carbocycles. The summed E-state index contributed by atoms with van der Waals surface area (Å²) < 4.78 is 21.2. The summed E-state index contributed by atoms with van der Waals surface area (Å²) in [5, 5.41) is 7.02. The fourth-order valence-electron chi connectivity index (χ4n) is 3.27. The Balaban J connectivity index is 1.33. The fraction of sp³-hybridized carbons (Fsp3) is 0.333. The summed E-state index contributed by atoms with van der Waals surface area (Å²) in [5.74, 6) is 2.58. The number of likely N-dealkylation sites (N-methyl/N-ethyl adjacent to an activating group) is 1. The van der Waals surface area contributed by atoms with E-state index in [4.69, 9.17) is 23.8 Å². The minimum atomic E-state index is -0.279. The van der Waals surface area contributed by atoms with Crippen molar-refractivity contribution >= 4 is 17.4 Å². The van der Waals surface area contributed by atoms with E-state index < -0.39 is 0 Å². The zero-order valence-corrected chi connectivity index (χ0v) is 17.0. The van der Waals surface area contributed by atoms with Gasteiger partial charge in [-0.05, 0) is 30.3 Å². The average Bonchev–Trinajstić information content (AvgIpc) is 3.42. The van der Waals surface area contributed by atoms with Crippen LogP contribution in [0, 0.1) is 0 Å². The molecule has 2 amide bonds. The van der Waals surface area contributed by atoms with Crippen molar-refractivity contribution in [1.29, 1.82) is 0 Å². The predicted molar refractivity (Wildman–Crippen MR) is 110 cm³/mol. The van der Waals surface area contributed by atoms with Crippen LogP contribution in [0.5, 0.6) is 23.0 Å². The van der Waals surface area contributed by atoms with Gasteiger partial charge in [-0.15, -0.1) is 0 Å². The molecule has 0 radical (unpaired) electrons. The number of hydrogen-bond acceptors (Lipinski definition) is 7. The first-order valence-electron chi connectivity index (χ1n) is 9.44. The molecule has 0 unspecified atom stereocenters. The van der Waals surface area contributed by atoms with Crippen molar-refractivity contribution in [2.45, 2.75) is 12.5 Å². The molecule has 4 rings (SSSR count). The van der Waals surface area contributed by atoms with Gasteiger partial charge in [0, 0.05) is 25.1 Å². The first-order valence-corrected chi connectivity index (χ1v) is 9.44. The van der Waals surface area contributed by atoms with E-state index in [1.54, 1.807) is 37.3 Å². The molecule has 0 saturated heterocycles. The maximum Gasteiger partial charge on any atom is 0.321 e. The summed E-state index contributed by atoms with van der Waals surface area (Å²) in [6, 6.07) is 10.6. The van der Waals surface area contributed by atoms with E-state index in [1.807, 2.05) is 18.2 Å². The number of oxime groups is 1. The monoisotopic (exact) mass is 413 g/mol. The predicted octanol–water partition coefficient (Wildman–Crippen LogP) is 3.09. The van der Waals surface area contributed by atoms with Gasteiger partial charge in [0.15, 0.2) is 17.6 Å². The standard InChI is InChI=1S/C21H23N3O6/c1-24(21(25)22-16-6-5-14(26-2)10-19(16)27-3)11-15-9-17(23-30-15)13-4-7-18-20(8-13)29-12-28-18/h4-8,10,15H,9,11-12H2,1-3H3,(H,22,25)/t15-/m1/s1. The Labute approximate surface area is 174 Å². The highest BCUT2D eigenvalue weighted by Crippen LogP contribution is 2.34. The van der Waals surface area contributed by atoms with E-state index in [0.717, 1.165) is 17.0 Å². The Morgan fingerprint density at radius 2 is 2.00 bits per heavy atom. The summed E-state index contributed by atoms with van der Waals surface area (Å²) in [6.45, 7) is 0.602. The van der Waals surface area contributed by atoms with Crippen LogP contribution in [0.25, 0.3) is 0 Å². The molecule has 2 aliphatic heterocycles. The Kier molecular flexibility index (Phi) is 5.51. The molecule has 30 heavy (non-hydrogen) atoms. The molecule has 9 heteroatoms. The molecular weight excluding hydrogens is 390 g/mol. The number of anilines is 1. The Hall–Kier alpha value is -3.62. The molecule has 2 aromatic carbocycles. The molecule has 2 aliphatic rings. The first kappa shape index (κ1) is 19.7. The molecule has 0 saturated carbocycles. The fourth-order valence-corrected chi connectivity index (χ4v) is 3.27. The number of methoxy groups -OCH3 is 2. The Bertz CT molecular complexity index is 977. The van der Waals surface area contributed by atoms with Crippen molar-refractivity contribution in [2.24, 2.45) is 5.16 Å². The number of carbonyl (C=O) groups excluding carboxylic acids is 1. The maximum absolute atomic E-state index is 12.6. The molecule has 2 heterocycles. The molecular formula is C21H23N3O6. The highest BCUT2D eigenvalue weighted by atomic mass is 16.7. The van der Waals surface area contributed by atoms with Gasteiger partial charge >= 0.3 is 6.03 Å². The smallest absolute Gasteiger partial charge is 0.321 e. The van der Waals surface area contributed by atoms with Gasteiger partial charge in [0.1, 0.15) is 11.5 Å². The second-order valence-corrected chi connectivity index (χ2v) is 6.91. The van der Waals surface area contributed by atoms with Crippen LogP contribution in [-0.4, -0.2) is 57.4 Å². The van der Waals surface area contributed by atoms with E-state index >= 15 is 0 Å². The third kappa shape index (κ3) is 4.05. The molecule has 0 fully saturated rings. The van der Waals surface area contributed by atoms with Crippen LogP contribution in [-0.2, 0) is 4.84 Å². The van der Waals surface area contributed by atoms with Gasteiger partial charge in [0.25, 0.3) is 0 Å². The zero-order valence-electron chi connectivity index (χ0n) is 17.0. The van der Waals surface area contributed by atoms with E-state index in [0.29, 0.717) is 35.9 Å². The van der Waals surface area contributed by atoms with Gasteiger partial charge in [-0.1, -0.05) is 5.16 Å². The van der Waals surface area contributed by atoms with Crippen LogP contribution < -0.4 is 24.3 Å². The lowest BCUT2D eigenvalue weighted by molar-refractivity contribution is 0.0672. The number of amides is 2. The molecule has 0 bridgehead atoms. The van der Waals surface area contributed by atoms with Crippen molar-refractivity contribution in [3.8, 4) is 23.0 Å². The molecule has 158 valence electrons. The topological polar surface area (TPSA) is 90.9 Å². The first-order chi connectivity index (χ1) is 14.6. The average molecular weight is 413 g/mol. The summed E-state index contributed by atoms with van der Waals surface area (Å²) in [6.07, 6.45) is 0.349. The third-order valence-electron chi connectivity index (χ3n) is 4.91. The molecule has 0 spiro atoms. The second kappa shape index (κ2) is 8.40. The zero-order chi connectivity index (χ0) is 21.1. The van der Waals surface area contributed by atoms with Gasteiger partial charge in [0.2, 0.25) is 6.79 Å². The van der Waals surface area contributed by atoms with Gasteiger partial charge in [-0.3, -0.25) is 0 Å². The van der Waals surface area contributed by atoms with Crippen LogP contribution >= 0.6 is 0 Å². The van der Waals surface area contributed by atoms with E-state index in [-0.39, 0.29) is 18.9 Å². The third-order valence-corrected chi connectivity index (χ3v) is 4.91. The highest BCUT2D eigenvalue weighted by molar-refractivity contribution is 6.01. The van der Waals surface area contributed by atoms with Crippen molar-refractivity contribution in [2.75, 3.05) is 39.9 Å². The second-order valence-electron chi connectivity index (χ2n) is 6.91. The number of ether oxygens (including phenoxy) is 4. The summed E-state index contributed by atoms with van der Waals surface area (Å²) in [5.41, 5.74) is 2.28. The van der Waals surface area contributed by atoms with Gasteiger partial charge in [-0.2, -0.15) is 0 Å². The van der Waals surface area contributed by atoms with E-state index in [2.05, 4.69) is 10.5 Å². The minimum Gasteiger partial charge on any atom is -0.497 e. The number of rotatable bonds is 6. The lowest BCUT2D eigenvalue weighted by atomic mass is 10.0. The molecule has 2 aromatic rings. The van der Waals surface area contributed by atoms with Crippen molar-refractivity contribution < 1.29 is 28.6 Å². The number of hydrogen-bond donors (Lipinski definition) is 1. The molecule has 1 atom stereocenters. The number of nitrogens with one attached hydrogen (secondary N) is 1. The molecule has 9 nitrogen and oxygen atoms in total. The summed E-state index contributed by atoms with van der Waals surface area (Å²) in [4.78, 5) is 19.7. The van der Waals surface area contributed by atoms with Gasteiger partial charge < -0.3 is 34.0 Å². The number of urea groups is 1. The highest BCUT2D eigenvalue weighted by Gasteiger charge is 2.26.